The highest BCUT2D eigenvalue weighted by molar-refractivity contribution is 5.76. The summed E-state index contributed by atoms with van der Waals surface area (Å²) in [5.41, 5.74) is 0. The van der Waals surface area contributed by atoms with E-state index in [-0.39, 0.29) is 6.61 Å². The third-order valence-electron chi connectivity index (χ3n) is 1.20. The lowest BCUT2D eigenvalue weighted by Gasteiger charge is -2.14. The van der Waals surface area contributed by atoms with Crippen molar-refractivity contribution >= 4 is 5.97 Å². The first-order chi connectivity index (χ1) is 4.55. The molecule has 1 atom stereocenters. The molecule has 1 N–H and O–H groups in total. The van der Waals surface area contributed by atoms with Crippen LogP contribution in [-0.4, -0.2) is 29.6 Å². The van der Waals surface area contributed by atoms with E-state index in [0.29, 0.717) is 0 Å². The van der Waals surface area contributed by atoms with E-state index in [2.05, 4.69) is 0 Å². The molecule has 1 heterocycles. The standard InChI is InChI=1S/C6H10O4/c1-6(2)9-4(3-7)5(8)10-6/h4,7H,3H2,1-2H3/t4-/m0/s1. The second-order valence-electron chi connectivity index (χ2n) is 2.61. The minimum absolute atomic E-state index is 0.317. The Bertz CT molecular complexity index is 152. The monoisotopic (exact) mass is 146 g/mol. The molecule has 0 aromatic heterocycles. The predicted octanol–water partition coefficient (Wildman–Crippen LogP) is -0.343. The normalized spacial score (nSPS) is 30.3. The van der Waals surface area contributed by atoms with Crippen LogP contribution in [0, 0.1) is 0 Å². The topological polar surface area (TPSA) is 55.8 Å². The number of rotatable bonds is 1. The number of esters is 1. The fourth-order valence-electron chi connectivity index (χ4n) is 0.835. The largest absolute Gasteiger partial charge is 0.432 e. The van der Waals surface area contributed by atoms with E-state index in [1.54, 1.807) is 13.8 Å². The Labute approximate surface area is 58.7 Å². The van der Waals surface area contributed by atoms with Gasteiger partial charge in [-0.2, -0.15) is 0 Å². The average Bonchev–Trinajstić information content (AvgIpc) is 2.05. The zero-order valence-electron chi connectivity index (χ0n) is 5.96. The van der Waals surface area contributed by atoms with Crippen LogP contribution in [0.25, 0.3) is 0 Å². The number of aliphatic hydroxyl groups excluding tert-OH is 1. The van der Waals surface area contributed by atoms with Crippen molar-refractivity contribution < 1.29 is 19.4 Å². The van der Waals surface area contributed by atoms with Crippen molar-refractivity contribution in [2.75, 3.05) is 6.61 Å². The number of ether oxygens (including phenoxy) is 2. The van der Waals surface area contributed by atoms with Gasteiger partial charge in [-0.15, -0.1) is 0 Å². The van der Waals surface area contributed by atoms with Gasteiger partial charge in [-0.3, -0.25) is 0 Å². The number of carbonyl (C=O) groups is 1. The lowest BCUT2D eigenvalue weighted by Crippen LogP contribution is -2.23. The molecule has 0 amide bonds. The molecule has 4 heteroatoms. The molecule has 4 nitrogen and oxygen atoms in total. The summed E-state index contributed by atoms with van der Waals surface area (Å²) in [5.74, 6) is -1.36. The van der Waals surface area contributed by atoms with Crippen molar-refractivity contribution in [3.05, 3.63) is 0 Å². The van der Waals surface area contributed by atoms with Gasteiger partial charge < -0.3 is 14.6 Å². The first-order valence-electron chi connectivity index (χ1n) is 3.07. The van der Waals surface area contributed by atoms with Crippen LogP contribution < -0.4 is 0 Å². The number of cyclic esters (lactones) is 1. The van der Waals surface area contributed by atoms with E-state index in [1.165, 1.54) is 0 Å². The van der Waals surface area contributed by atoms with Crippen LogP contribution in [0.2, 0.25) is 0 Å². The SMILES string of the molecule is CC1(C)OC(=O)[C@H](CO)O1. The van der Waals surface area contributed by atoms with Gasteiger partial charge in [0, 0.05) is 13.8 Å². The summed E-state index contributed by atoms with van der Waals surface area (Å²) in [7, 11) is 0. The van der Waals surface area contributed by atoms with Crippen molar-refractivity contribution in [3.8, 4) is 0 Å². The fraction of sp³-hybridized carbons (Fsp3) is 0.833. The van der Waals surface area contributed by atoms with Crippen LogP contribution in [0.4, 0.5) is 0 Å². The third kappa shape index (κ3) is 1.27. The lowest BCUT2D eigenvalue weighted by molar-refractivity contribution is -0.161. The zero-order valence-corrected chi connectivity index (χ0v) is 5.96. The molecule has 0 unspecified atom stereocenters. The van der Waals surface area contributed by atoms with E-state index in [0.717, 1.165) is 0 Å². The Morgan fingerprint density at radius 2 is 2.30 bits per heavy atom. The van der Waals surface area contributed by atoms with Gasteiger partial charge in [-0.05, 0) is 0 Å². The molecule has 0 aromatic rings. The highest BCUT2D eigenvalue weighted by Crippen LogP contribution is 2.22. The Morgan fingerprint density at radius 3 is 2.50 bits per heavy atom. The summed E-state index contributed by atoms with van der Waals surface area (Å²) < 4.78 is 9.72. The van der Waals surface area contributed by atoms with E-state index in [1.807, 2.05) is 0 Å². The Kier molecular flexibility index (Phi) is 1.66. The summed E-state index contributed by atoms with van der Waals surface area (Å²) in [6, 6.07) is 0. The number of carbonyl (C=O) groups excluding carboxylic acids is 1. The van der Waals surface area contributed by atoms with Gasteiger partial charge in [-0.1, -0.05) is 0 Å². The number of hydrogen-bond donors (Lipinski definition) is 1. The Hall–Kier alpha value is -0.610. The molecule has 0 aromatic carbocycles. The molecule has 0 spiro atoms. The molecule has 58 valence electrons. The molecule has 0 bridgehead atoms. The zero-order chi connectivity index (χ0) is 7.78. The second-order valence-corrected chi connectivity index (χ2v) is 2.61. The van der Waals surface area contributed by atoms with Crippen LogP contribution in [0.5, 0.6) is 0 Å². The first-order valence-corrected chi connectivity index (χ1v) is 3.07. The highest BCUT2D eigenvalue weighted by Gasteiger charge is 2.40. The molecule has 1 rings (SSSR count). The van der Waals surface area contributed by atoms with Crippen molar-refractivity contribution in [2.45, 2.75) is 25.7 Å². The van der Waals surface area contributed by atoms with Gasteiger partial charge in [0.25, 0.3) is 0 Å². The predicted molar refractivity (Wildman–Crippen MR) is 32.1 cm³/mol. The van der Waals surface area contributed by atoms with E-state index >= 15 is 0 Å². The molecule has 1 aliphatic heterocycles. The van der Waals surface area contributed by atoms with Crippen molar-refractivity contribution in [1.82, 2.24) is 0 Å². The van der Waals surface area contributed by atoms with E-state index in [4.69, 9.17) is 14.6 Å². The third-order valence-corrected chi connectivity index (χ3v) is 1.20. The maximum absolute atomic E-state index is 10.7. The molecule has 0 aliphatic carbocycles. The minimum Gasteiger partial charge on any atom is -0.432 e. The Morgan fingerprint density at radius 1 is 1.70 bits per heavy atom. The smallest absolute Gasteiger partial charge is 0.340 e. The van der Waals surface area contributed by atoms with Gasteiger partial charge in [-0.25, -0.2) is 4.79 Å². The fourth-order valence-corrected chi connectivity index (χ4v) is 0.835. The summed E-state index contributed by atoms with van der Waals surface area (Å²) in [5, 5.41) is 8.54. The molecular formula is C6H10O4. The minimum atomic E-state index is -0.871. The van der Waals surface area contributed by atoms with Gasteiger partial charge in [0.2, 0.25) is 5.79 Å². The molecule has 0 radical (unpaired) electrons. The van der Waals surface area contributed by atoms with Crippen LogP contribution in [-0.2, 0) is 14.3 Å². The molecule has 1 fully saturated rings. The summed E-state index contributed by atoms with van der Waals surface area (Å²) in [6.07, 6.45) is -0.796. The summed E-state index contributed by atoms with van der Waals surface area (Å²) in [4.78, 5) is 10.7. The lowest BCUT2D eigenvalue weighted by atomic mass is 10.4. The van der Waals surface area contributed by atoms with E-state index in [9.17, 15) is 4.79 Å². The van der Waals surface area contributed by atoms with Gasteiger partial charge >= 0.3 is 5.97 Å². The van der Waals surface area contributed by atoms with Crippen LogP contribution in [0.3, 0.4) is 0 Å². The van der Waals surface area contributed by atoms with Gasteiger partial charge in [0.15, 0.2) is 6.10 Å². The average molecular weight is 146 g/mol. The van der Waals surface area contributed by atoms with Crippen molar-refractivity contribution in [2.24, 2.45) is 0 Å². The molecule has 1 aliphatic rings. The molecule has 0 saturated carbocycles. The maximum Gasteiger partial charge on any atom is 0.340 e. The molecule has 10 heavy (non-hydrogen) atoms. The summed E-state index contributed by atoms with van der Waals surface area (Å²) in [6.45, 7) is 2.93. The van der Waals surface area contributed by atoms with Crippen LogP contribution in [0.15, 0.2) is 0 Å². The van der Waals surface area contributed by atoms with Gasteiger partial charge in [0.05, 0.1) is 6.61 Å². The van der Waals surface area contributed by atoms with Crippen molar-refractivity contribution in [3.63, 3.8) is 0 Å². The number of aliphatic hydroxyl groups is 1. The Balaban J connectivity index is 2.61. The maximum atomic E-state index is 10.7. The van der Waals surface area contributed by atoms with Crippen LogP contribution >= 0.6 is 0 Å². The second kappa shape index (κ2) is 2.21. The van der Waals surface area contributed by atoms with Crippen LogP contribution in [0.1, 0.15) is 13.8 Å². The van der Waals surface area contributed by atoms with Crippen molar-refractivity contribution in [1.29, 1.82) is 0 Å². The molecule has 1 saturated heterocycles. The summed E-state index contributed by atoms with van der Waals surface area (Å²) >= 11 is 0. The number of hydrogen-bond acceptors (Lipinski definition) is 4. The van der Waals surface area contributed by atoms with Gasteiger partial charge in [0.1, 0.15) is 0 Å². The van der Waals surface area contributed by atoms with E-state index < -0.39 is 17.9 Å². The quantitative estimate of drug-likeness (QED) is 0.514. The first kappa shape index (κ1) is 7.50. The highest BCUT2D eigenvalue weighted by atomic mass is 16.8. The molecular weight excluding hydrogens is 136 g/mol.